The van der Waals surface area contributed by atoms with E-state index < -0.39 is 19.8 Å². The molecule has 0 saturated carbocycles. The van der Waals surface area contributed by atoms with Crippen LogP contribution in [-0.4, -0.2) is 25.6 Å². The molecule has 0 saturated heterocycles. The fourth-order valence-electron chi connectivity index (χ4n) is 0.485. The molecule has 52 valence electrons. The van der Waals surface area contributed by atoms with Gasteiger partial charge in [0.15, 0.2) is 0 Å². The number of halogens is 2. The van der Waals surface area contributed by atoms with E-state index in [1.807, 2.05) is 0 Å². The summed E-state index contributed by atoms with van der Waals surface area (Å²) in [4.78, 5) is 4.85. The number of rotatable bonds is 3. The SMILES string of the molecule is Cl.[CH3][SnH]([CH3])[CH2]CCCl. The number of alkyl halides is 1. The molecule has 0 unspecified atom stereocenters. The maximum absolute atomic E-state index is 5.48. The van der Waals surface area contributed by atoms with Gasteiger partial charge in [0.25, 0.3) is 0 Å². The Kier molecular flexibility index (Phi) is 12.7. The summed E-state index contributed by atoms with van der Waals surface area (Å²) in [6.45, 7) is 0. The minimum absolute atomic E-state index is 0. The zero-order chi connectivity index (χ0) is 5.70. The van der Waals surface area contributed by atoms with Gasteiger partial charge in [-0.1, -0.05) is 0 Å². The van der Waals surface area contributed by atoms with Gasteiger partial charge in [-0.3, -0.25) is 0 Å². The molecule has 0 rings (SSSR count). The molecule has 8 heavy (non-hydrogen) atoms. The summed E-state index contributed by atoms with van der Waals surface area (Å²) >= 11 is 4.65. The molecular weight excluding hydrogens is 250 g/mol. The van der Waals surface area contributed by atoms with Crippen molar-refractivity contribution < 1.29 is 0 Å². The molecule has 0 aromatic carbocycles. The molecule has 0 spiro atoms. The summed E-state index contributed by atoms with van der Waals surface area (Å²) in [5.41, 5.74) is 0. The van der Waals surface area contributed by atoms with Crippen LogP contribution >= 0.6 is 24.0 Å². The third kappa shape index (κ3) is 10.4. The Bertz CT molecular complexity index is 39.4. The normalized spacial score (nSPS) is 9.00. The molecule has 0 aliphatic rings. The van der Waals surface area contributed by atoms with Crippen LogP contribution in [0.5, 0.6) is 0 Å². The summed E-state index contributed by atoms with van der Waals surface area (Å²) in [7, 11) is 0. The van der Waals surface area contributed by atoms with Crippen LogP contribution in [0.3, 0.4) is 0 Å². The van der Waals surface area contributed by atoms with E-state index in [1.54, 1.807) is 0 Å². The summed E-state index contributed by atoms with van der Waals surface area (Å²) in [5.74, 6) is 0.870. The van der Waals surface area contributed by atoms with E-state index in [4.69, 9.17) is 11.6 Å². The van der Waals surface area contributed by atoms with E-state index in [0.717, 1.165) is 5.88 Å². The fraction of sp³-hybridized carbons (Fsp3) is 1.00. The summed E-state index contributed by atoms with van der Waals surface area (Å²) in [6, 6.07) is 0. The molecule has 3 heteroatoms. The monoisotopic (exact) mass is 264 g/mol. The Labute approximate surface area is 70.1 Å². The summed E-state index contributed by atoms with van der Waals surface area (Å²) in [5, 5.41) is 0. The van der Waals surface area contributed by atoms with Gasteiger partial charge in [0.1, 0.15) is 0 Å². The van der Waals surface area contributed by atoms with Crippen molar-refractivity contribution in [3.63, 3.8) is 0 Å². The quantitative estimate of drug-likeness (QED) is 0.542. The maximum atomic E-state index is 5.48. The summed E-state index contributed by atoms with van der Waals surface area (Å²) < 4.78 is 1.48. The molecule has 0 aliphatic heterocycles. The Hall–Kier alpha value is 1.38. The van der Waals surface area contributed by atoms with Crippen molar-refractivity contribution >= 4 is 43.8 Å². The molecule has 0 atom stereocenters. The second kappa shape index (κ2) is 8.38. The number of hydrogen-bond donors (Lipinski definition) is 0. The van der Waals surface area contributed by atoms with E-state index in [9.17, 15) is 0 Å². The molecule has 0 aromatic rings. The van der Waals surface area contributed by atoms with Gasteiger partial charge in [-0.15, -0.1) is 12.4 Å². The Balaban J connectivity index is 0. The van der Waals surface area contributed by atoms with Gasteiger partial charge in [-0.25, -0.2) is 0 Å². The third-order valence-electron chi connectivity index (χ3n) is 0.915. The van der Waals surface area contributed by atoms with Crippen LogP contribution in [-0.2, 0) is 0 Å². The second-order valence-electron chi connectivity index (χ2n) is 2.23. The third-order valence-corrected chi connectivity index (χ3v) is 5.64. The van der Waals surface area contributed by atoms with Gasteiger partial charge in [0.05, 0.1) is 0 Å². The molecule has 0 bridgehead atoms. The van der Waals surface area contributed by atoms with E-state index in [1.165, 1.54) is 10.9 Å². The Morgan fingerprint density at radius 2 is 1.88 bits per heavy atom. The molecule has 0 N–H and O–H groups in total. The topological polar surface area (TPSA) is 0 Å². The zero-order valence-electron chi connectivity index (χ0n) is 5.48. The fourth-order valence-corrected chi connectivity index (χ4v) is 4.29. The first kappa shape index (κ1) is 12.1. The first-order valence-electron chi connectivity index (χ1n) is 2.83. The van der Waals surface area contributed by atoms with Gasteiger partial charge < -0.3 is 0 Å². The standard InChI is InChI=1S/C3H6Cl.2CH3.ClH.Sn.H/c1-2-3-4;;;;;/h1-3H2;2*1H3;1H;;. The molecule has 0 aromatic heterocycles. The van der Waals surface area contributed by atoms with Crippen LogP contribution in [0.25, 0.3) is 0 Å². The molecule has 0 amide bonds. The van der Waals surface area contributed by atoms with Crippen molar-refractivity contribution in [1.29, 1.82) is 0 Å². The molecule has 0 fully saturated rings. The predicted molar refractivity (Wildman–Crippen MR) is 46.3 cm³/mol. The zero-order valence-corrected chi connectivity index (χ0v) is 10.4. The van der Waals surface area contributed by atoms with Crippen molar-refractivity contribution in [3.8, 4) is 0 Å². The molecule has 0 heterocycles. The van der Waals surface area contributed by atoms with Gasteiger partial charge in [-0.05, 0) is 0 Å². The van der Waals surface area contributed by atoms with E-state index in [2.05, 4.69) is 9.88 Å². The van der Waals surface area contributed by atoms with Crippen LogP contribution in [0.1, 0.15) is 6.42 Å². The van der Waals surface area contributed by atoms with Crippen molar-refractivity contribution in [2.24, 2.45) is 0 Å². The molecule has 0 radical (unpaired) electrons. The first-order chi connectivity index (χ1) is 3.27. The van der Waals surface area contributed by atoms with Crippen molar-refractivity contribution in [2.75, 3.05) is 5.88 Å². The van der Waals surface area contributed by atoms with Gasteiger partial charge in [-0.2, -0.15) is 0 Å². The van der Waals surface area contributed by atoms with Crippen LogP contribution in [0.2, 0.25) is 14.3 Å². The average Bonchev–Trinajstić information content (AvgIpc) is 1.61. The van der Waals surface area contributed by atoms with E-state index >= 15 is 0 Å². The van der Waals surface area contributed by atoms with Gasteiger partial charge >= 0.3 is 58.0 Å². The molecular formula is C5H14Cl2Sn. The average molecular weight is 264 g/mol. The van der Waals surface area contributed by atoms with Crippen LogP contribution in [0, 0.1) is 0 Å². The number of hydrogen-bond acceptors (Lipinski definition) is 0. The van der Waals surface area contributed by atoms with Gasteiger partial charge in [0, 0.05) is 0 Å². The molecule has 0 nitrogen and oxygen atoms in total. The Morgan fingerprint density at radius 1 is 1.38 bits per heavy atom. The van der Waals surface area contributed by atoms with Crippen molar-refractivity contribution in [1.82, 2.24) is 0 Å². The predicted octanol–water partition coefficient (Wildman–Crippen LogP) is 2.52. The Morgan fingerprint density at radius 3 is 2.00 bits per heavy atom. The van der Waals surface area contributed by atoms with Crippen LogP contribution < -0.4 is 0 Å². The van der Waals surface area contributed by atoms with Crippen LogP contribution in [0.15, 0.2) is 0 Å². The first-order valence-corrected chi connectivity index (χ1v) is 12.3. The second-order valence-corrected chi connectivity index (χ2v) is 12.2. The molecule has 0 aliphatic carbocycles. The minimum atomic E-state index is -0.831. The summed E-state index contributed by atoms with van der Waals surface area (Å²) in [6.07, 6.45) is 1.26. The van der Waals surface area contributed by atoms with Crippen molar-refractivity contribution in [3.05, 3.63) is 0 Å². The van der Waals surface area contributed by atoms with E-state index in [0.29, 0.717) is 0 Å². The van der Waals surface area contributed by atoms with Crippen LogP contribution in [0.4, 0.5) is 0 Å². The van der Waals surface area contributed by atoms with Crippen molar-refractivity contribution in [2.45, 2.75) is 20.7 Å². The van der Waals surface area contributed by atoms with Gasteiger partial charge in [0.2, 0.25) is 0 Å². The van der Waals surface area contributed by atoms with E-state index in [-0.39, 0.29) is 12.4 Å².